The summed E-state index contributed by atoms with van der Waals surface area (Å²) in [5.74, 6) is 2.79. The molecule has 0 spiro atoms. The maximum Gasteiger partial charge on any atom is 0.103 e. The number of hydrogen-bond acceptors (Lipinski definition) is 2. The summed E-state index contributed by atoms with van der Waals surface area (Å²) in [4.78, 5) is 10.1. The van der Waals surface area contributed by atoms with Crippen LogP contribution >= 0.6 is 0 Å². The largest absolute Gasteiger partial charge is 0.345 e. The third-order valence-corrected chi connectivity index (χ3v) is 3.72. The molecule has 3 heteroatoms. The van der Waals surface area contributed by atoms with E-state index >= 15 is 0 Å². The van der Waals surface area contributed by atoms with E-state index in [2.05, 4.69) is 28.7 Å². The number of aromatic amines is 1. The Morgan fingerprint density at radius 2 is 2.12 bits per heavy atom. The van der Waals surface area contributed by atoms with Gasteiger partial charge in [0.1, 0.15) is 5.82 Å². The lowest BCUT2D eigenvalue weighted by Crippen LogP contribution is -2.34. The minimum atomic E-state index is 0.844. The summed E-state index contributed by atoms with van der Waals surface area (Å²) in [6, 6.07) is 0. The van der Waals surface area contributed by atoms with Crippen molar-refractivity contribution in [2.45, 2.75) is 40.2 Å². The van der Waals surface area contributed by atoms with Crippen molar-refractivity contribution < 1.29 is 0 Å². The molecule has 2 heterocycles. The van der Waals surface area contributed by atoms with Crippen LogP contribution in [0.2, 0.25) is 0 Å². The average molecular weight is 221 g/mol. The molecule has 3 nitrogen and oxygen atoms in total. The Morgan fingerprint density at radius 1 is 1.44 bits per heavy atom. The monoisotopic (exact) mass is 221 g/mol. The standard InChI is InChI=1S/C13H23N3/c1-10(2)12-4-6-16(7-5-12)9-13-8-14-11(3)15-13/h8,10,12H,4-7,9H2,1-3H3,(H,14,15). The summed E-state index contributed by atoms with van der Waals surface area (Å²) >= 11 is 0. The minimum Gasteiger partial charge on any atom is -0.345 e. The Hall–Kier alpha value is -0.830. The molecule has 0 bridgehead atoms. The molecule has 1 aliphatic rings. The van der Waals surface area contributed by atoms with Crippen LogP contribution in [-0.2, 0) is 6.54 Å². The minimum absolute atomic E-state index is 0.844. The van der Waals surface area contributed by atoms with Crippen LogP contribution in [0.1, 0.15) is 38.2 Å². The molecule has 1 saturated heterocycles. The van der Waals surface area contributed by atoms with Gasteiger partial charge in [0.05, 0.1) is 0 Å². The smallest absolute Gasteiger partial charge is 0.103 e. The third-order valence-electron chi connectivity index (χ3n) is 3.72. The number of aryl methyl sites for hydroxylation is 1. The second-order valence-corrected chi connectivity index (χ2v) is 5.35. The van der Waals surface area contributed by atoms with Crippen LogP contribution in [0.15, 0.2) is 6.20 Å². The van der Waals surface area contributed by atoms with E-state index in [1.807, 2.05) is 13.1 Å². The van der Waals surface area contributed by atoms with Crippen molar-refractivity contribution in [3.63, 3.8) is 0 Å². The quantitative estimate of drug-likeness (QED) is 0.850. The highest BCUT2D eigenvalue weighted by Gasteiger charge is 2.21. The number of piperidine rings is 1. The summed E-state index contributed by atoms with van der Waals surface area (Å²) in [7, 11) is 0. The molecule has 1 fully saturated rings. The van der Waals surface area contributed by atoms with E-state index < -0.39 is 0 Å². The van der Waals surface area contributed by atoms with Gasteiger partial charge >= 0.3 is 0 Å². The van der Waals surface area contributed by atoms with Gasteiger partial charge in [-0.3, -0.25) is 4.90 Å². The normalized spacial score (nSPS) is 19.5. The van der Waals surface area contributed by atoms with Gasteiger partial charge in [0, 0.05) is 18.4 Å². The third kappa shape index (κ3) is 2.85. The van der Waals surface area contributed by atoms with Gasteiger partial charge < -0.3 is 4.98 Å². The lowest BCUT2D eigenvalue weighted by molar-refractivity contribution is 0.151. The molecule has 0 aliphatic carbocycles. The molecule has 0 aromatic carbocycles. The van der Waals surface area contributed by atoms with Crippen molar-refractivity contribution in [1.82, 2.24) is 14.9 Å². The van der Waals surface area contributed by atoms with Crippen molar-refractivity contribution >= 4 is 0 Å². The van der Waals surface area contributed by atoms with Gasteiger partial charge in [0.2, 0.25) is 0 Å². The van der Waals surface area contributed by atoms with Crippen molar-refractivity contribution in [3.05, 3.63) is 17.7 Å². The lowest BCUT2D eigenvalue weighted by atomic mass is 9.87. The number of nitrogens with one attached hydrogen (secondary N) is 1. The Bertz CT molecular complexity index is 322. The number of rotatable bonds is 3. The van der Waals surface area contributed by atoms with Crippen molar-refractivity contribution in [2.24, 2.45) is 11.8 Å². The predicted octanol–water partition coefficient (Wildman–Crippen LogP) is 2.59. The molecule has 0 unspecified atom stereocenters. The number of H-pyrrole nitrogens is 1. The van der Waals surface area contributed by atoms with Crippen LogP contribution in [0.3, 0.4) is 0 Å². The number of hydrogen-bond donors (Lipinski definition) is 1. The van der Waals surface area contributed by atoms with E-state index in [1.165, 1.54) is 31.6 Å². The fourth-order valence-electron chi connectivity index (χ4n) is 2.57. The van der Waals surface area contributed by atoms with Gasteiger partial charge in [-0.15, -0.1) is 0 Å². The fraction of sp³-hybridized carbons (Fsp3) is 0.769. The molecule has 0 atom stereocenters. The zero-order valence-corrected chi connectivity index (χ0v) is 10.7. The molecule has 0 radical (unpaired) electrons. The molecule has 2 rings (SSSR count). The maximum atomic E-state index is 4.24. The van der Waals surface area contributed by atoms with Crippen LogP contribution in [0.4, 0.5) is 0 Å². The van der Waals surface area contributed by atoms with E-state index in [0.717, 1.165) is 24.2 Å². The molecule has 1 aliphatic heterocycles. The zero-order chi connectivity index (χ0) is 11.5. The van der Waals surface area contributed by atoms with Gasteiger partial charge in [0.15, 0.2) is 0 Å². The van der Waals surface area contributed by atoms with Crippen molar-refractivity contribution in [3.8, 4) is 0 Å². The first-order valence-electron chi connectivity index (χ1n) is 6.38. The van der Waals surface area contributed by atoms with Gasteiger partial charge in [-0.05, 0) is 44.7 Å². The first-order valence-corrected chi connectivity index (χ1v) is 6.38. The van der Waals surface area contributed by atoms with Crippen LogP contribution in [0.5, 0.6) is 0 Å². The summed E-state index contributed by atoms with van der Waals surface area (Å²) in [6.45, 7) is 10.2. The topological polar surface area (TPSA) is 31.9 Å². The fourth-order valence-corrected chi connectivity index (χ4v) is 2.57. The molecule has 1 N–H and O–H groups in total. The van der Waals surface area contributed by atoms with Crippen LogP contribution in [-0.4, -0.2) is 28.0 Å². The first-order chi connectivity index (χ1) is 7.65. The second kappa shape index (κ2) is 5.00. The van der Waals surface area contributed by atoms with E-state index in [9.17, 15) is 0 Å². The Balaban J connectivity index is 1.81. The summed E-state index contributed by atoms with van der Waals surface area (Å²) in [6.07, 6.45) is 4.67. The molecule has 0 amide bonds. The summed E-state index contributed by atoms with van der Waals surface area (Å²) in [5.41, 5.74) is 1.25. The molecular weight excluding hydrogens is 198 g/mol. The van der Waals surface area contributed by atoms with Gasteiger partial charge in [-0.1, -0.05) is 13.8 Å². The van der Waals surface area contributed by atoms with E-state index in [0.29, 0.717) is 0 Å². The van der Waals surface area contributed by atoms with E-state index in [4.69, 9.17) is 0 Å². The zero-order valence-electron chi connectivity index (χ0n) is 10.7. The molecule has 1 aromatic rings. The van der Waals surface area contributed by atoms with Crippen LogP contribution in [0.25, 0.3) is 0 Å². The second-order valence-electron chi connectivity index (χ2n) is 5.35. The first kappa shape index (κ1) is 11.6. The van der Waals surface area contributed by atoms with Crippen LogP contribution < -0.4 is 0 Å². The predicted molar refractivity (Wildman–Crippen MR) is 66.2 cm³/mol. The highest BCUT2D eigenvalue weighted by Crippen LogP contribution is 2.24. The molecule has 0 saturated carbocycles. The maximum absolute atomic E-state index is 4.24. The van der Waals surface area contributed by atoms with Gasteiger partial charge in [0.25, 0.3) is 0 Å². The van der Waals surface area contributed by atoms with E-state index in [1.54, 1.807) is 0 Å². The highest BCUT2D eigenvalue weighted by molar-refractivity contribution is 4.99. The van der Waals surface area contributed by atoms with Gasteiger partial charge in [-0.25, -0.2) is 4.98 Å². The van der Waals surface area contributed by atoms with Crippen LogP contribution in [0, 0.1) is 18.8 Å². The summed E-state index contributed by atoms with van der Waals surface area (Å²) in [5, 5.41) is 0. The van der Waals surface area contributed by atoms with Gasteiger partial charge in [-0.2, -0.15) is 0 Å². The SMILES string of the molecule is Cc1ncc(CN2CCC(C(C)C)CC2)[nH]1. The average Bonchev–Trinajstić information content (AvgIpc) is 2.65. The number of nitrogens with zero attached hydrogens (tertiary/aromatic N) is 2. The number of aromatic nitrogens is 2. The Kier molecular flexibility index (Phi) is 3.64. The lowest BCUT2D eigenvalue weighted by Gasteiger charge is -2.33. The molecule has 16 heavy (non-hydrogen) atoms. The number of imidazole rings is 1. The summed E-state index contributed by atoms with van der Waals surface area (Å²) < 4.78 is 0. The number of likely N-dealkylation sites (tertiary alicyclic amines) is 1. The molecule has 1 aromatic heterocycles. The molecule has 90 valence electrons. The van der Waals surface area contributed by atoms with Crippen molar-refractivity contribution in [1.29, 1.82) is 0 Å². The van der Waals surface area contributed by atoms with Crippen molar-refractivity contribution in [2.75, 3.05) is 13.1 Å². The Labute approximate surface area is 98.3 Å². The molecular formula is C13H23N3. The van der Waals surface area contributed by atoms with E-state index in [-0.39, 0.29) is 0 Å². The highest BCUT2D eigenvalue weighted by atomic mass is 15.1. The Morgan fingerprint density at radius 3 is 2.62 bits per heavy atom.